The van der Waals surface area contributed by atoms with Crippen LogP contribution >= 0.6 is 0 Å². The summed E-state index contributed by atoms with van der Waals surface area (Å²) in [6, 6.07) is 2.16. The van der Waals surface area contributed by atoms with Crippen LogP contribution in [0.4, 0.5) is 0 Å². The molecule has 0 spiro atoms. The first-order valence-electron chi connectivity index (χ1n) is 5.34. The quantitative estimate of drug-likeness (QED) is 0.558. The van der Waals surface area contributed by atoms with Crippen molar-refractivity contribution in [3.8, 4) is 0 Å². The average molecular weight is 210 g/mol. The highest BCUT2D eigenvalue weighted by Gasteiger charge is 2.25. The largest absolute Gasteiger partial charge is 0.381 e. The number of aromatic nitrogens is 2. The third-order valence-electron chi connectivity index (χ3n) is 2.97. The molecule has 1 saturated heterocycles. The van der Waals surface area contributed by atoms with Crippen molar-refractivity contribution in [3.63, 3.8) is 0 Å². The van der Waals surface area contributed by atoms with Crippen molar-refractivity contribution in [1.29, 1.82) is 0 Å². The summed E-state index contributed by atoms with van der Waals surface area (Å²) in [6.45, 7) is 1.66. The van der Waals surface area contributed by atoms with E-state index in [-0.39, 0.29) is 6.04 Å². The molecule has 0 radical (unpaired) electrons. The van der Waals surface area contributed by atoms with E-state index >= 15 is 0 Å². The van der Waals surface area contributed by atoms with Gasteiger partial charge < -0.3 is 4.74 Å². The molecule has 0 aliphatic carbocycles. The predicted octanol–water partition coefficient (Wildman–Crippen LogP) is 0.351. The van der Waals surface area contributed by atoms with E-state index < -0.39 is 0 Å². The maximum absolute atomic E-state index is 5.60. The number of rotatable bonds is 3. The van der Waals surface area contributed by atoms with Gasteiger partial charge in [-0.05, 0) is 24.8 Å². The van der Waals surface area contributed by atoms with Crippen molar-refractivity contribution < 1.29 is 4.74 Å². The topological polar surface area (TPSA) is 65.1 Å². The summed E-state index contributed by atoms with van der Waals surface area (Å²) in [5, 5.41) is 4.39. The number of aryl methyl sites for hydroxylation is 1. The summed E-state index contributed by atoms with van der Waals surface area (Å²) in [4.78, 5) is 0. The van der Waals surface area contributed by atoms with Gasteiger partial charge >= 0.3 is 0 Å². The molecule has 1 aliphatic heterocycles. The SMILES string of the molecule is Cn1ccc(C(NN)C2CCOCC2)n1. The summed E-state index contributed by atoms with van der Waals surface area (Å²) in [6.07, 6.45) is 4.04. The van der Waals surface area contributed by atoms with Gasteiger partial charge in [0.25, 0.3) is 0 Å². The lowest BCUT2D eigenvalue weighted by molar-refractivity contribution is 0.0530. The molecule has 3 N–H and O–H groups in total. The Labute approximate surface area is 89.6 Å². The van der Waals surface area contributed by atoms with Crippen LogP contribution in [0.5, 0.6) is 0 Å². The van der Waals surface area contributed by atoms with Crippen molar-refractivity contribution in [3.05, 3.63) is 18.0 Å². The second kappa shape index (κ2) is 4.74. The lowest BCUT2D eigenvalue weighted by Gasteiger charge is -2.28. The minimum absolute atomic E-state index is 0.148. The molecule has 84 valence electrons. The van der Waals surface area contributed by atoms with Crippen LogP contribution in [0.2, 0.25) is 0 Å². The van der Waals surface area contributed by atoms with Gasteiger partial charge in [-0.25, -0.2) is 0 Å². The lowest BCUT2D eigenvalue weighted by atomic mass is 9.90. The van der Waals surface area contributed by atoms with Gasteiger partial charge in [0.2, 0.25) is 0 Å². The molecule has 0 amide bonds. The van der Waals surface area contributed by atoms with Crippen molar-refractivity contribution >= 4 is 0 Å². The number of ether oxygens (including phenoxy) is 1. The first-order valence-corrected chi connectivity index (χ1v) is 5.34. The zero-order valence-electron chi connectivity index (χ0n) is 9.02. The molecule has 0 saturated carbocycles. The van der Waals surface area contributed by atoms with E-state index in [0.717, 1.165) is 31.7 Å². The van der Waals surface area contributed by atoms with Gasteiger partial charge in [-0.2, -0.15) is 5.10 Å². The van der Waals surface area contributed by atoms with Gasteiger partial charge in [0, 0.05) is 26.5 Å². The second-order valence-corrected chi connectivity index (χ2v) is 4.01. The maximum atomic E-state index is 5.60. The molecule has 2 heterocycles. The molecule has 0 bridgehead atoms. The minimum Gasteiger partial charge on any atom is -0.381 e. The van der Waals surface area contributed by atoms with Crippen LogP contribution in [0, 0.1) is 5.92 Å². The summed E-state index contributed by atoms with van der Waals surface area (Å²) in [7, 11) is 1.92. The van der Waals surface area contributed by atoms with E-state index in [9.17, 15) is 0 Å². The Balaban J connectivity index is 2.08. The molecule has 5 nitrogen and oxygen atoms in total. The number of nitrogens with zero attached hydrogens (tertiary/aromatic N) is 2. The van der Waals surface area contributed by atoms with Crippen LogP contribution in [-0.4, -0.2) is 23.0 Å². The standard InChI is InChI=1S/C10H18N4O/c1-14-5-2-9(13-14)10(12-11)8-3-6-15-7-4-8/h2,5,8,10,12H,3-4,6-7,11H2,1H3. The van der Waals surface area contributed by atoms with Gasteiger partial charge in [0.1, 0.15) is 0 Å². The number of nitrogens with two attached hydrogens (primary N) is 1. The summed E-state index contributed by atoms with van der Waals surface area (Å²) in [5.41, 5.74) is 3.89. The Morgan fingerprint density at radius 3 is 2.87 bits per heavy atom. The third-order valence-corrected chi connectivity index (χ3v) is 2.97. The molecule has 1 unspecified atom stereocenters. The first kappa shape index (κ1) is 10.6. The van der Waals surface area contributed by atoms with Crippen molar-refractivity contribution in [2.75, 3.05) is 13.2 Å². The van der Waals surface area contributed by atoms with Gasteiger partial charge in [0.15, 0.2) is 0 Å². The van der Waals surface area contributed by atoms with E-state index in [1.807, 2.05) is 19.3 Å². The van der Waals surface area contributed by atoms with Crippen LogP contribution in [0.15, 0.2) is 12.3 Å². The Hall–Kier alpha value is -0.910. The van der Waals surface area contributed by atoms with Gasteiger partial charge in [-0.15, -0.1) is 0 Å². The fraction of sp³-hybridized carbons (Fsp3) is 0.700. The second-order valence-electron chi connectivity index (χ2n) is 4.01. The highest BCUT2D eigenvalue weighted by Crippen LogP contribution is 2.28. The van der Waals surface area contributed by atoms with Crippen molar-refractivity contribution in [1.82, 2.24) is 15.2 Å². The fourth-order valence-electron chi connectivity index (χ4n) is 2.11. The number of hydrazine groups is 1. The highest BCUT2D eigenvalue weighted by atomic mass is 16.5. The number of nitrogens with one attached hydrogen (secondary N) is 1. The fourth-order valence-corrected chi connectivity index (χ4v) is 2.11. The molecule has 1 aromatic heterocycles. The van der Waals surface area contributed by atoms with Crippen molar-refractivity contribution in [2.45, 2.75) is 18.9 Å². The van der Waals surface area contributed by atoms with Crippen LogP contribution in [-0.2, 0) is 11.8 Å². The molecule has 15 heavy (non-hydrogen) atoms. The summed E-state index contributed by atoms with van der Waals surface area (Å²) in [5.74, 6) is 6.13. The van der Waals surface area contributed by atoms with Crippen LogP contribution in [0.3, 0.4) is 0 Å². The van der Waals surface area contributed by atoms with Crippen LogP contribution in [0.1, 0.15) is 24.6 Å². The number of hydrogen-bond donors (Lipinski definition) is 2. The highest BCUT2D eigenvalue weighted by molar-refractivity contribution is 5.07. The Bertz CT molecular complexity index is 306. The molecule has 0 aromatic carbocycles. The molecule has 1 atom stereocenters. The molecular formula is C10H18N4O. The molecule has 1 fully saturated rings. The predicted molar refractivity (Wildman–Crippen MR) is 56.8 cm³/mol. The molecular weight excluding hydrogens is 192 g/mol. The van der Waals surface area contributed by atoms with Crippen LogP contribution < -0.4 is 11.3 Å². The van der Waals surface area contributed by atoms with Crippen LogP contribution in [0.25, 0.3) is 0 Å². The normalized spacial score (nSPS) is 20.4. The van der Waals surface area contributed by atoms with Crippen molar-refractivity contribution in [2.24, 2.45) is 18.8 Å². The van der Waals surface area contributed by atoms with Gasteiger partial charge in [0.05, 0.1) is 11.7 Å². The lowest BCUT2D eigenvalue weighted by Crippen LogP contribution is -2.36. The van der Waals surface area contributed by atoms with E-state index in [4.69, 9.17) is 10.6 Å². The Morgan fingerprint density at radius 2 is 2.33 bits per heavy atom. The Morgan fingerprint density at radius 1 is 1.60 bits per heavy atom. The summed E-state index contributed by atoms with van der Waals surface area (Å²) < 4.78 is 7.15. The number of hydrogen-bond acceptors (Lipinski definition) is 4. The van der Waals surface area contributed by atoms with Gasteiger partial charge in [-0.1, -0.05) is 0 Å². The molecule has 1 aromatic rings. The van der Waals surface area contributed by atoms with E-state index in [2.05, 4.69) is 10.5 Å². The zero-order valence-corrected chi connectivity index (χ0v) is 9.02. The molecule has 5 heteroatoms. The Kier molecular flexibility index (Phi) is 3.35. The average Bonchev–Trinajstić information content (AvgIpc) is 2.68. The smallest absolute Gasteiger partial charge is 0.0810 e. The summed E-state index contributed by atoms with van der Waals surface area (Å²) >= 11 is 0. The maximum Gasteiger partial charge on any atom is 0.0810 e. The van der Waals surface area contributed by atoms with E-state index in [1.165, 1.54) is 0 Å². The van der Waals surface area contributed by atoms with Gasteiger partial charge in [-0.3, -0.25) is 16.0 Å². The van der Waals surface area contributed by atoms with E-state index in [1.54, 1.807) is 4.68 Å². The molecule has 1 aliphatic rings. The zero-order chi connectivity index (χ0) is 10.7. The monoisotopic (exact) mass is 210 g/mol. The molecule has 2 rings (SSSR count). The third kappa shape index (κ3) is 2.37. The van der Waals surface area contributed by atoms with E-state index in [0.29, 0.717) is 5.92 Å². The minimum atomic E-state index is 0.148. The first-order chi connectivity index (χ1) is 7.31.